The third kappa shape index (κ3) is 4.24. The first kappa shape index (κ1) is 13.9. The lowest BCUT2D eigenvalue weighted by molar-refractivity contribution is 0.215. The largest absolute Gasteiger partial charge is 0.490 e. The summed E-state index contributed by atoms with van der Waals surface area (Å²) in [5.41, 5.74) is 0.906. The summed E-state index contributed by atoms with van der Waals surface area (Å²) < 4.78 is 25.0. The van der Waals surface area contributed by atoms with Crippen LogP contribution >= 0.6 is 15.9 Å². The number of hydrogen-bond donors (Lipinski definition) is 0. The highest BCUT2D eigenvalue weighted by molar-refractivity contribution is 9.10. The van der Waals surface area contributed by atoms with Crippen molar-refractivity contribution in [1.29, 1.82) is 0 Å². The van der Waals surface area contributed by atoms with Crippen LogP contribution in [0.15, 0.2) is 46.9 Å². The number of benzene rings is 2. The second kappa shape index (κ2) is 6.57. The van der Waals surface area contributed by atoms with Gasteiger partial charge in [0, 0.05) is 10.5 Å². The van der Waals surface area contributed by atoms with Gasteiger partial charge in [0.05, 0.1) is 0 Å². The fourth-order valence-electron chi connectivity index (χ4n) is 1.60. The molecule has 0 aliphatic rings. The van der Waals surface area contributed by atoms with E-state index in [2.05, 4.69) is 15.9 Å². The smallest absolute Gasteiger partial charge is 0.126 e. The molecule has 0 saturated carbocycles. The van der Waals surface area contributed by atoms with Crippen molar-refractivity contribution in [2.75, 3.05) is 13.2 Å². The van der Waals surface area contributed by atoms with Crippen LogP contribution in [0.1, 0.15) is 5.56 Å². The van der Waals surface area contributed by atoms with Crippen LogP contribution in [0.3, 0.4) is 0 Å². The molecule has 2 aromatic carbocycles. The van der Waals surface area contributed by atoms with Gasteiger partial charge in [-0.25, -0.2) is 4.39 Å². The second-order valence-corrected chi connectivity index (χ2v) is 4.98. The monoisotopic (exact) mass is 324 g/mol. The summed E-state index contributed by atoms with van der Waals surface area (Å²) >= 11 is 3.37. The van der Waals surface area contributed by atoms with Crippen LogP contribution in [0.5, 0.6) is 11.5 Å². The fourth-order valence-corrected chi connectivity index (χ4v) is 1.98. The third-order valence-electron chi connectivity index (χ3n) is 2.56. The van der Waals surface area contributed by atoms with Crippen molar-refractivity contribution in [3.63, 3.8) is 0 Å². The first-order valence-electron chi connectivity index (χ1n) is 5.92. The summed E-state index contributed by atoms with van der Waals surface area (Å²) in [5, 5.41) is 0. The van der Waals surface area contributed by atoms with Gasteiger partial charge in [-0.3, -0.25) is 0 Å². The van der Waals surface area contributed by atoms with Crippen molar-refractivity contribution in [2.24, 2.45) is 0 Å². The van der Waals surface area contributed by atoms with Crippen LogP contribution in [0.25, 0.3) is 0 Å². The molecule has 100 valence electrons. The molecule has 0 N–H and O–H groups in total. The van der Waals surface area contributed by atoms with Crippen molar-refractivity contribution in [1.82, 2.24) is 0 Å². The molecule has 2 nitrogen and oxygen atoms in total. The predicted octanol–water partition coefficient (Wildman–Crippen LogP) is 4.35. The molecular formula is C15H14BrFO2. The van der Waals surface area contributed by atoms with Crippen LogP contribution in [0, 0.1) is 12.7 Å². The zero-order chi connectivity index (χ0) is 13.7. The van der Waals surface area contributed by atoms with E-state index >= 15 is 0 Å². The summed E-state index contributed by atoms with van der Waals surface area (Å²) in [6.07, 6.45) is 0. The zero-order valence-electron chi connectivity index (χ0n) is 10.5. The molecule has 0 bridgehead atoms. The molecule has 0 heterocycles. The van der Waals surface area contributed by atoms with Crippen LogP contribution in [0.2, 0.25) is 0 Å². The average molecular weight is 325 g/mol. The first-order valence-corrected chi connectivity index (χ1v) is 6.72. The van der Waals surface area contributed by atoms with Gasteiger partial charge in [-0.05, 0) is 36.8 Å². The first-order chi connectivity index (χ1) is 9.15. The summed E-state index contributed by atoms with van der Waals surface area (Å²) in [7, 11) is 0. The minimum Gasteiger partial charge on any atom is -0.490 e. The van der Waals surface area contributed by atoms with Gasteiger partial charge in [-0.1, -0.05) is 28.1 Å². The van der Waals surface area contributed by atoms with Crippen molar-refractivity contribution < 1.29 is 13.9 Å². The molecule has 0 saturated heterocycles. The van der Waals surface area contributed by atoms with Crippen molar-refractivity contribution >= 4 is 15.9 Å². The lowest BCUT2D eigenvalue weighted by atomic mass is 10.2. The van der Waals surface area contributed by atoms with Crippen molar-refractivity contribution in [3.8, 4) is 11.5 Å². The van der Waals surface area contributed by atoms with E-state index in [1.807, 2.05) is 31.2 Å². The van der Waals surface area contributed by atoms with E-state index in [9.17, 15) is 4.39 Å². The molecule has 2 aromatic rings. The van der Waals surface area contributed by atoms with Gasteiger partial charge in [0.25, 0.3) is 0 Å². The van der Waals surface area contributed by atoms with E-state index < -0.39 is 0 Å². The highest BCUT2D eigenvalue weighted by atomic mass is 79.9. The quantitative estimate of drug-likeness (QED) is 0.761. The van der Waals surface area contributed by atoms with E-state index in [4.69, 9.17) is 9.47 Å². The lowest BCUT2D eigenvalue weighted by Gasteiger charge is -2.10. The summed E-state index contributed by atoms with van der Waals surface area (Å²) in [5.74, 6) is 1.03. The van der Waals surface area contributed by atoms with Gasteiger partial charge in [-0.15, -0.1) is 0 Å². The Morgan fingerprint density at radius 2 is 1.84 bits per heavy atom. The minimum absolute atomic E-state index is 0.298. The van der Waals surface area contributed by atoms with Crippen molar-refractivity contribution in [2.45, 2.75) is 6.92 Å². The van der Waals surface area contributed by atoms with E-state index in [0.717, 1.165) is 15.8 Å². The van der Waals surface area contributed by atoms with Gasteiger partial charge in [-0.2, -0.15) is 0 Å². The molecule has 2 rings (SSSR count). The Morgan fingerprint density at radius 1 is 1.05 bits per heavy atom. The number of hydrogen-bond acceptors (Lipinski definition) is 2. The molecule has 0 spiro atoms. The maximum Gasteiger partial charge on any atom is 0.126 e. The number of halogens is 2. The molecule has 0 aliphatic heterocycles. The third-order valence-corrected chi connectivity index (χ3v) is 3.05. The minimum atomic E-state index is -0.298. The molecular weight excluding hydrogens is 311 g/mol. The van der Waals surface area contributed by atoms with Crippen LogP contribution in [-0.2, 0) is 0 Å². The summed E-state index contributed by atoms with van der Waals surface area (Å²) in [6.45, 7) is 2.66. The molecule has 0 radical (unpaired) electrons. The Bertz CT molecular complexity index is 558. The normalized spacial score (nSPS) is 10.3. The lowest BCUT2D eigenvalue weighted by Crippen LogP contribution is -2.09. The Labute approximate surface area is 120 Å². The second-order valence-electron chi connectivity index (χ2n) is 4.06. The summed E-state index contributed by atoms with van der Waals surface area (Å²) in [6, 6.07) is 12.1. The molecule has 0 aliphatic carbocycles. The molecule has 19 heavy (non-hydrogen) atoms. The van der Waals surface area contributed by atoms with Gasteiger partial charge in [0.1, 0.15) is 30.5 Å². The van der Waals surface area contributed by atoms with Gasteiger partial charge < -0.3 is 9.47 Å². The SMILES string of the molecule is Cc1ccc(F)cc1OCCOc1cccc(Br)c1. The Hall–Kier alpha value is -1.55. The predicted molar refractivity (Wildman–Crippen MR) is 76.3 cm³/mol. The Balaban J connectivity index is 1.82. The number of aryl methyl sites for hydroxylation is 1. The van der Waals surface area contributed by atoms with Crippen LogP contribution in [-0.4, -0.2) is 13.2 Å². The maximum absolute atomic E-state index is 13.0. The number of rotatable bonds is 5. The Morgan fingerprint density at radius 3 is 2.63 bits per heavy atom. The molecule has 4 heteroatoms. The number of ether oxygens (including phenoxy) is 2. The molecule has 0 fully saturated rings. The average Bonchev–Trinajstić information content (AvgIpc) is 2.39. The maximum atomic E-state index is 13.0. The molecule has 0 amide bonds. The highest BCUT2D eigenvalue weighted by Crippen LogP contribution is 2.19. The van der Waals surface area contributed by atoms with Crippen LogP contribution in [0.4, 0.5) is 4.39 Å². The molecule has 0 atom stereocenters. The Kier molecular flexibility index (Phi) is 4.80. The van der Waals surface area contributed by atoms with E-state index in [-0.39, 0.29) is 5.82 Å². The van der Waals surface area contributed by atoms with Crippen LogP contribution < -0.4 is 9.47 Å². The topological polar surface area (TPSA) is 18.5 Å². The van der Waals surface area contributed by atoms with E-state index in [1.165, 1.54) is 12.1 Å². The summed E-state index contributed by atoms with van der Waals surface area (Å²) in [4.78, 5) is 0. The van der Waals surface area contributed by atoms with Gasteiger partial charge in [0.15, 0.2) is 0 Å². The molecule has 0 unspecified atom stereocenters. The van der Waals surface area contributed by atoms with E-state index in [1.54, 1.807) is 6.07 Å². The fraction of sp³-hybridized carbons (Fsp3) is 0.200. The van der Waals surface area contributed by atoms with Crippen molar-refractivity contribution in [3.05, 3.63) is 58.3 Å². The zero-order valence-corrected chi connectivity index (χ0v) is 12.1. The van der Waals surface area contributed by atoms with E-state index in [0.29, 0.717) is 19.0 Å². The van der Waals surface area contributed by atoms with Gasteiger partial charge >= 0.3 is 0 Å². The highest BCUT2D eigenvalue weighted by Gasteiger charge is 2.01. The van der Waals surface area contributed by atoms with Gasteiger partial charge in [0.2, 0.25) is 0 Å². The standard InChI is InChI=1S/C15H14BrFO2/c1-11-5-6-13(17)10-15(11)19-8-7-18-14-4-2-3-12(16)9-14/h2-6,9-10H,7-8H2,1H3. The molecule has 0 aromatic heterocycles.